The molecule has 0 bridgehead atoms. The van der Waals surface area contributed by atoms with E-state index < -0.39 is 5.92 Å². The lowest BCUT2D eigenvalue weighted by atomic mass is 9.82. The lowest BCUT2D eigenvalue weighted by Crippen LogP contribution is -2.34. The van der Waals surface area contributed by atoms with Crippen molar-refractivity contribution in [3.8, 4) is 11.4 Å². The Bertz CT molecular complexity index is 1410. The molecule has 2 aromatic heterocycles. The second-order valence-corrected chi connectivity index (χ2v) is 9.45. The molecule has 6 heteroatoms. The maximum absolute atomic E-state index is 14.7. The standard InChI is InChI=1S/C26H25FN2O3/c1-4-12(2)22-16-8-21-24-17(10-29(21)25(30)18(16)11-32-26(22)31)15-7-5-6-14-13(3)19(27)9-20(28-24)23(14)15/h8-9,12,22H,4-7,10-11H2,1-3H3/t12?,22-/m1/s1. The second kappa shape index (κ2) is 6.74. The van der Waals surface area contributed by atoms with Crippen molar-refractivity contribution in [2.75, 3.05) is 0 Å². The number of carbonyl (C=O) groups excluding carboxylic acids is 1. The van der Waals surface area contributed by atoms with Gasteiger partial charge in [0.1, 0.15) is 12.4 Å². The summed E-state index contributed by atoms with van der Waals surface area (Å²) in [6, 6.07) is 3.50. The van der Waals surface area contributed by atoms with Crippen LogP contribution in [-0.4, -0.2) is 15.5 Å². The van der Waals surface area contributed by atoms with Gasteiger partial charge in [-0.05, 0) is 60.4 Å². The highest BCUT2D eigenvalue weighted by molar-refractivity contribution is 5.92. The van der Waals surface area contributed by atoms with Crippen molar-refractivity contribution in [3.05, 3.63) is 61.7 Å². The van der Waals surface area contributed by atoms with Crippen LogP contribution in [-0.2, 0) is 35.5 Å². The van der Waals surface area contributed by atoms with E-state index in [1.807, 2.05) is 26.8 Å². The molecule has 2 aliphatic heterocycles. The molecule has 0 spiro atoms. The van der Waals surface area contributed by atoms with E-state index in [-0.39, 0.29) is 29.9 Å². The van der Waals surface area contributed by atoms with Gasteiger partial charge in [-0.2, -0.15) is 0 Å². The summed E-state index contributed by atoms with van der Waals surface area (Å²) >= 11 is 0. The highest BCUT2D eigenvalue weighted by Gasteiger charge is 2.38. The maximum atomic E-state index is 14.7. The number of benzene rings is 1. The minimum absolute atomic E-state index is 0.0212. The Morgan fingerprint density at radius 3 is 2.75 bits per heavy atom. The lowest BCUT2D eigenvalue weighted by molar-refractivity contribution is -0.149. The average Bonchev–Trinajstić information content (AvgIpc) is 3.16. The molecule has 0 fully saturated rings. The molecule has 3 aromatic rings. The summed E-state index contributed by atoms with van der Waals surface area (Å²) in [4.78, 5) is 31.0. The van der Waals surface area contributed by atoms with Gasteiger partial charge in [0.05, 0.1) is 34.9 Å². The molecule has 4 heterocycles. The number of hydrogen-bond acceptors (Lipinski definition) is 4. The zero-order valence-electron chi connectivity index (χ0n) is 18.5. The Kier molecular flexibility index (Phi) is 4.14. The third-order valence-corrected chi connectivity index (χ3v) is 7.82. The monoisotopic (exact) mass is 432 g/mol. The van der Waals surface area contributed by atoms with Crippen molar-refractivity contribution in [2.45, 2.75) is 65.5 Å². The number of halogens is 1. The van der Waals surface area contributed by atoms with Gasteiger partial charge < -0.3 is 9.30 Å². The van der Waals surface area contributed by atoms with E-state index in [1.54, 1.807) is 4.57 Å². The Balaban J connectivity index is 1.64. The number of hydrogen-bond donors (Lipinski definition) is 0. The van der Waals surface area contributed by atoms with E-state index in [2.05, 4.69) is 0 Å². The first-order valence-electron chi connectivity index (χ1n) is 11.5. The molecule has 0 saturated carbocycles. The number of cyclic esters (lactones) is 1. The van der Waals surface area contributed by atoms with Crippen molar-refractivity contribution in [3.63, 3.8) is 0 Å². The molecule has 0 radical (unpaired) electrons. The highest BCUT2D eigenvalue weighted by Crippen LogP contribution is 2.43. The van der Waals surface area contributed by atoms with E-state index in [1.165, 1.54) is 11.6 Å². The largest absolute Gasteiger partial charge is 0.460 e. The van der Waals surface area contributed by atoms with Crippen LogP contribution < -0.4 is 5.56 Å². The van der Waals surface area contributed by atoms with Crippen molar-refractivity contribution >= 4 is 16.9 Å². The summed E-state index contributed by atoms with van der Waals surface area (Å²) in [7, 11) is 0. The third kappa shape index (κ3) is 2.46. The minimum Gasteiger partial charge on any atom is -0.460 e. The van der Waals surface area contributed by atoms with Gasteiger partial charge in [0.2, 0.25) is 0 Å². The molecular weight excluding hydrogens is 407 g/mol. The molecule has 0 saturated heterocycles. The van der Waals surface area contributed by atoms with E-state index in [0.717, 1.165) is 59.1 Å². The van der Waals surface area contributed by atoms with Crippen LogP contribution >= 0.6 is 0 Å². The lowest BCUT2D eigenvalue weighted by Gasteiger charge is -2.28. The minimum atomic E-state index is -0.447. The van der Waals surface area contributed by atoms with Gasteiger partial charge in [-0.3, -0.25) is 9.59 Å². The first-order valence-corrected chi connectivity index (χ1v) is 11.5. The van der Waals surface area contributed by atoms with Gasteiger partial charge in [0.25, 0.3) is 5.56 Å². The molecule has 164 valence electrons. The molecule has 2 atom stereocenters. The number of nitrogens with zero attached hydrogens (tertiary/aromatic N) is 2. The van der Waals surface area contributed by atoms with Crippen LogP contribution in [0.25, 0.3) is 22.3 Å². The summed E-state index contributed by atoms with van der Waals surface area (Å²) < 4.78 is 21.8. The van der Waals surface area contributed by atoms with Crippen molar-refractivity contribution in [1.29, 1.82) is 0 Å². The number of pyridine rings is 2. The fourth-order valence-corrected chi connectivity index (χ4v) is 5.88. The van der Waals surface area contributed by atoms with E-state index >= 15 is 0 Å². The number of aromatic nitrogens is 2. The van der Waals surface area contributed by atoms with Gasteiger partial charge in [-0.1, -0.05) is 20.3 Å². The summed E-state index contributed by atoms with van der Waals surface area (Å²) in [5.74, 6) is -0.876. The van der Waals surface area contributed by atoms with Crippen LogP contribution in [0.5, 0.6) is 0 Å². The van der Waals surface area contributed by atoms with Gasteiger partial charge in [0.15, 0.2) is 0 Å². The molecule has 1 aliphatic carbocycles. The molecule has 0 N–H and O–H groups in total. The molecule has 32 heavy (non-hydrogen) atoms. The van der Waals surface area contributed by atoms with E-state index in [9.17, 15) is 14.0 Å². The molecule has 0 amide bonds. The van der Waals surface area contributed by atoms with Gasteiger partial charge in [-0.25, -0.2) is 9.37 Å². The van der Waals surface area contributed by atoms with Crippen molar-refractivity contribution in [2.24, 2.45) is 5.92 Å². The van der Waals surface area contributed by atoms with Gasteiger partial charge in [0, 0.05) is 17.0 Å². The highest BCUT2D eigenvalue weighted by atomic mass is 19.1. The van der Waals surface area contributed by atoms with Crippen LogP contribution in [0, 0.1) is 18.7 Å². The number of esters is 1. The van der Waals surface area contributed by atoms with Crippen molar-refractivity contribution in [1.82, 2.24) is 9.55 Å². The Morgan fingerprint density at radius 2 is 1.97 bits per heavy atom. The summed E-state index contributed by atoms with van der Waals surface area (Å²) in [5, 5.41) is 1.07. The topological polar surface area (TPSA) is 61.2 Å². The summed E-state index contributed by atoms with van der Waals surface area (Å²) in [5.41, 5.74) is 7.41. The van der Waals surface area contributed by atoms with E-state index in [0.29, 0.717) is 23.2 Å². The number of ether oxygens (including phenoxy) is 1. The van der Waals surface area contributed by atoms with Gasteiger partial charge in [-0.15, -0.1) is 0 Å². The summed E-state index contributed by atoms with van der Waals surface area (Å²) in [6.45, 7) is 6.38. The first-order chi connectivity index (χ1) is 15.4. The fraction of sp³-hybridized carbons (Fsp3) is 0.423. The number of rotatable bonds is 2. The first kappa shape index (κ1) is 19.6. The fourth-order valence-electron chi connectivity index (χ4n) is 5.88. The van der Waals surface area contributed by atoms with Gasteiger partial charge >= 0.3 is 5.97 Å². The number of carbonyl (C=O) groups is 1. The number of fused-ring (bicyclic) bond motifs is 5. The molecule has 3 aliphatic rings. The molecule has 6 rings (SSSR count). The summed E-state index contributed by atoms with van der Waals surface area (Å²) in [6.07, 6.45) is 3.52. The SMILES string of the molecule is CCC(C)[C@H]1C(=O)OCc2c1cc1n(c2=O)Cc2c-1nc1cc(F)c(C)c3c1c2CCC3. The van der Waals surface area contributed by atoms with E-state index in [4.69, 9.17) is 9.72 Å². The molecule has 1 unspecified atom stereocenters. The zero-order chi connectivity index (χ0) is 22.3. The Hall–Kier alpha value is -3.02. The van der Waals surface area contributed by atoms with Crippen LogP contribution in [0.1, 0.15) is 66.0 Å². The smallest absolute Gasteiger partial charge is 0.314 e. The Labute approximate surface area is 185 Å². The van der Waals surface area contributed by atoms with Crippen LogP contribution in [0.15, 0.2) is 16.9 Å². The zero-order valence-corrected chi connectivity index (χ0v) is 18.5. The van der Waals surface area contributed by atoms with Crippen LogP contribution in [0.2, 0.25) is 0 Å². The quantitative estimate of drug-likeness (QED) is 0.436. The predicted molar refractivity (Wildman–Crippen MR) is 119 cm³/mol. The molecule has 5 nitrogen and oxygen atoms in total. The number of aryl methyl sites for hydroxylation is 2. The molecule has 1 aromatic carbocycles. The van der Waals surface area contributed by atoms with Crippen LogP contribution in [0.4, 0.5) is 4.39 Å². The second-order valence-electron chi connectivity index (χ2n) is 9.45. The maximum Gasteiger partial charge on any atom is 0.314 e. The van der Waals surface area contributed by atoms with Crippen molar-refractivity contribution < 1.29 is 13.9 Å². The Morgan fingerprint density at radius 1 is 1.19 bits per heavy atom. The molecular formula is C26H25FN2O3. The predicted octanol–water partition coefficient (Wildman–Crippen LogP) is 4.55. The third-order valence-electron chi connectivity index (χ3n) is 7.82. The van der Waals surface area contributed by atoms with Crippen LogP contribution in [0.3, 0.4) is 0 Å². The normalized spacial score (nSPS) is 19.4. The average molecular weight is 432 g/mol.